The number of halogens is 2. The van der Waals surface area contributed by atoms with Gasteiger partial charge in [-0.2, -0.15) is 5.10 Å². The summed E-state index contributed by atoms with van der Waals surface area (Å²) < 4.78 is 12.1. The van der Waals surface area contributed by atoms with E-state index in [-0.39, 0.29) is 29.0 Å². The van der Waals surface area contributed by atoms with Gasteiger partial charge in [0, 0.05) is 34.5 Å². The van der Waals surface area contributed by atoms with Gasteiger partial charge < -0.3 is 15.0 Å². The molecule has 1 unspecified atom stereocenters. The second kappa shape index (κ2) is 12.4. The molecule has 0 aliphatic carbocycles. The first-order valence-corrected chi connectivity index (χ1v) is 14.0. The van der Waals surface area contributed by atoms with Gasteiger partial charge in [-0.05, 0) is 71.9 Å². The predicted octanol–water partition coefficient (Wildman–Crippen LogP) is 6.68. The number of hydrogen-bond donors (Lipinski definition) is 3. The molecule has 0 saturated carbocycles. The lowest BCUT2D eigenvalue weighted by atomic mass is 10.0. The van der Waals surface area contributed by atoms with Gasteiger partial charge in [-0.3, -0.25) is 25.2 Å². The second-order valence-electron chi connectivity index (χ2n) is 11.0. The van der Waals surface area contributed by atoms with Crippen molar-refractivity contribution in [1.82, 2.24) is 19.9 Å². The fourth-order valence-corrected chi connectivity index (χ4v) is 4.59. The number of ether oxygens (including phenoxy) is 1. The highest BCUT2D eigenvalue weighted by Crippen LogP contribution is 2.33. The Bertz CT molecular complexity index is 1670. The van der Waals surface area contributed by atoms with Crippen LogP contribution in [0.2, 0.25) is 10.0 Å². The zero-order valence-electron chi connectivity index (χ0n) is 24.4. The number of anilines is 2. The molecule has 0 saturated heterocycles. The Morgan fingerprint density at radius 1 is 1.05 bits per heavy atom. The minimum absolute atomic E-state index is 0.00168. The molecule has 0 bridgehead atoms. The van der Waals surface area contributed by atoms with E-state index in [0.29, 0.717) is 32.6 Å². The number of aromatic nitrogens is 4. The minimum atomic E-state index is -0.795. The van der Waals surface area contributed by atoms with Crippen molar-refractivity contribution in [3.63, 3.8) is 0 Å². The number of amides is 3. The van der Waals surface area contributed by atoms with Crippen molar-refractivity contribution in [3.8, 4) is 22.5 Å². The number of nitrogens with two attached hydrogens (primary N) is 1. The molecular formula is C29H31Cl2N7O5. The van der Waals surface area contributed by atoms with Gasteiger partial charge in [-0.1, -0.05) is 28.4 Å². The summed E-state index contributed by atoms with van der Waals surface area (Å²) in [6.45, 7) is 10.5. The number of nitrogens with one attached hydrogen (secondary N) is 2. The molecule has 4 aromatic rings. The van der Waals surface area contributed by atoms with Gasteiger partial charge in [0.15, 0.2) is 0 Å². The normalized spacial score (nSPS) is 12.2. The van der Waals surface area contributed by atoms with Gasteiger partial charge in [0.2, 0.25) is 11.8 Å². The predicted molar refractivity (Wildman–Crippen MR) is 163 cm³/mol. The highest BCUT2D eigenvalue weighted by atomic mass is 35.5. The molecule has 226 valence electrons. The largest absolute Gasteiger partial charge is 0.444 e. The van der Waals surface area contributed by atoms with Crippen LogP contribution in [0.25, 0.3) is 22.5 Å². The molecule has 0 spiro atoms. The van der Waals surface area contributed by atoms with Crippen LogP contribution in [-0.4, -0.2) is 43.4 Å². The van der Waals surface area contributed by atoms with Crippen LogP contribution in [0, 0.1) is 0 Å². The minimum Gasteiger partial charge on any atom is -0.444 e. The summed E-state index contributed by atoms with van der Waals surface area (Å²) in [4.78, 5) is 42.5. The second-order valence-corrected chi connectivity index (χ2v) is 11.8. The van der Waals surface area contributed by atoms with E-state index in [9.17, 15) is 14.4 Å². The molecule has 0 fully saturated rings. The Balaban J connectivity index is 1.55. The van der Waals surface area contributed by atoms with E-state index in [1.807, 2.05) is 13.8 Å². The van der Waals surface area contributed by atoms with Crippen LogP contribution < -0.4 is 16.4 Å². The van der Waals surface area contributed by atoms with Crippen molar-refractivity contribution in [2.75, 3.05) is 10.6 Å². The molecule has 1 aromatic carbocycles. The molecule has 0 radical (unpaired) electrons. The van der Waals surface area contributed by atoms with Crippen LogP contribution in [0.15, 0.2) is 47.1 Å². The summed E-state index contributed by atoms with van der Waals surface area (Å²) >= 11 is 12.2. The monoisotopic (exact) mass is 627 g/mol. The quantitative estimate of drug-likeness (QED) is 0.194. The number of benzene rings is 1. The summed E-state index contributed by atoms with van der Waals surface area (Å²) in [7, 11) is 0. The summed E-state index contributed by atoms with van der Waals surface area (Å²) in [5.41, 5.74) is 7.12. The number of primary amides is 1. The molecule has 4 N–H and O–H groups in total. The fourth-order valence-electron chi connectivity index (χ4n) is 4.09. The molecule has 3 heterocycles. The van der Waals surface area contributed by atoms with Crippen molar-refractivity contribution >= 4 is 52.8 Å². The summed E-state index contributed by atoms with van der Waals surface area (Å²) in [6, 6.07) is 9.57. The molecule has 14 heteroatoms. The Kier molecular flexibility index (Phi) is 9.12. The lowest BCUT2D eigenvalue weighted by Crippen LogP contribution is -2.29. The van der Waals surface area contributed by atoms with E-state index in [1.54, 1.807) is 64.1 Å². The number of hydrogen-bond acceptors (Lipinski definition) is 8. The van der Waals surface area contributed by atoms with Crippen molar-refractivity contribution in [3.05, 3.63) is 63.9 Å². The highest BCUT2D eigenvalue weighted by molar-refractivity contribution is 6.36. The summed E-state index contributed by atoms with van der Waals surface area (Å²) in [6.07, 6.45) is 0.719. The van der Waals surface area contributed by atoms with Crippen LogP contribution in [0.3, 0.4) is 0 Å². The van der Waals surface area contributed by atoms with Crippen LogP contribution in [0.1, 0.15) is 69.6 Å². The number of pyridine rings is 1. The molecule has 12 nitrogen and oxygen atoms in total. The number of nitrogens with zero attached hydrogens (tertiary/aromatic N) is 4. The number of carbonyl (C=O) groups is 3. The van der Waals surface area contributed by atoms with E-state index in [1.165, 1.54) is 10.9 Å². The van der Waals surface area contributed by atoms with E-state index in [4.69, 9.17) is 38.2 Å². The Morgan fingerprint density at radius 2 is 1.77 bits per heavy atom. The summed E-state index contributed by atoms with van der Waals surface area (Å²) in [5.74, 6) is -1.64. The average molecular weight is 629 g/mol. The molecule has 3 aromatic heterocycles. The zero-order chi connectivity index (χ0) is 31.6. The maximum atomic E-state index is 13.0. The van der Waals surface area contributed by atoms with Crippen molar-refractivity contribution < 1.29 is 23.6 Å². The zero-order valence-corrected chi connectivity index (χ0v) is 25.9. The third-order valence-corrected chi connectivity index (χ3v) is 6.67. The molecule has 3 amide bonds. The van der Waals surface area contributed by atoms with Crippen LogP contribution in [0.4, 0.5) is 16.5 Å². The van der Waals surface area contributed by atoms with E-state index < -0.39 is 29.4 Å². The maximum Gasteiger partial charge on any atom is 0.413 e. The lowest BCUT2D eigenvalue weighted by Gasteiger charge is -2.20. The number of rotatable bonds is 8. The molecular weight excluding hydrogens is 597 g/mol. The van der Waals surface area contributed by atoms with Gasteiger partial charge in [0.05, 0.1) is 16.6 Å². The van der Waals surface area contributed by atoms with Gasteiger partial charge in [-0.15, -0.1) is 0 Å². The first-order valence-electron chi connectivity index (χ1n) is 13.3. The highest BCUT2D eigenvalue weighted by Gasteiger charge is 2.28. The van der Waals surface area contributed by atoms with Crippen molar-refractivity contribution in [2.24, 2.45) is 5.73 Å². The first-order chi connectivity index (χ1) is 20.1. The number of carbonyl (C=O) groups excluding carboxylic acids is 3. The van der Waals surface area contributed by atoms with Crippen LogP contribution in [0.5, 0.6) is 0 Å². The van der Waals surface area contributed by atoms with E-state index in [2.05, 4.69) is 25.9 Å². The Hall–Kier alpha value is -4.42. The van der Waals surface area contributed by atoms with Gasteiger partial charge in [0.25, 0.3) is 5.91 Å². The topological polar surface area (TPSA) is 167 Å². The Labute approximate surface area is 257 Å². The van der Waals surface area contributed by atoms with Crippen molar-refractivity contribution in [2.45, 2.75) is 59.1 Å². The molecule has 1 atom stereocenters. The smallest absolute Gasteiger partial charge is 0.413 e. The average Bonchev–Trinajstić information content (AvgIpc) is 3.52. The third kappa shape index (κ3) is 7.33. The van der Waals surface area contributed by atoms with Gasteiger partial charge in [0.1, 0.15) is 28.4 Å². The van der Waals surface area contributed by atoms with Gasteiger partial charge >= 0.3 is 6.09 Å². The van der Waals surface area contributed by atoms with Crippen molar-refractivity contribution in [1.29, 1.82) is 0 Å². The molecule has 0 aliphatic heterocycles. The molecule has 0 aliphatic rings. The lowest BCUT2D eigenvalue weighted by molar-refractivity contribution is -0.117. The molecule has 4 rings (SSSR count). The fraction of sp³-hybridized carbons (Fsp3) is 0.310. The SMILES string of the molecule is CC(C(=O)Nc1cc(-c2ccc(Cl)cc2Cl)no1)c1ccc(-c2nn(C(C)C)c(NC(=O)OC(C)(C)C)c2C(N)=O)cn1. The Morgan fingerprint density at radius 3 is 2.35 bits per heavy atom. The summed E-state index contributed by atoms with van der Waals surface area (Å²) in [5, 5.41) is 14.7. The van der Waals surface area contributed by atoms with E-state index in [0.717, 1.165) is 0 Å². The van der Waals surface area contributed by atoms with Crippen LogP contribution in [-0.2, 0) is 9.53 Å². The van der Waals surface area contributed by atoms with Crippen LogP contribution >= 0.6 is 23.2 Å². The maximum absolute atomic E-state index is 13.0. The van der Waals surface area contributed by atoms with Gasteiger partial charge in [-0.25, -0.2) is 9.48 Å². The van der Waals surface area contributed by atoms with E-state index >= 15 is 0 Å². The third-order valence-electron chi connectivity index (χ3n) is 6.13. The standard InChI is InChI=1S/C29H31Cl2N7O5/c1-14(2)38-26(35-28(41)42-29(4,5)6)23(25(32)39)24(36-38)16-7-10-20(33-13-16)15(3)27(40)34-22-12-21(37-43-22)18-9-8-17(30)11-19(18)31/h7-15H,1-6H3,(H2,32,39)(H,34,40)(H,35,41). The molecule has 43 heavy (non-hydrogen) atoms. The first kappa shape index (κ1) is 31.5.